The minimum Gasteiger partial charge on any atom is -0.369 e. The summed E-state index contributed by atoms with van der Waals surface area (Å²) < 4.78 is 0. The Balaban J connectivity index is 2.11. The predicted octanol–water partition coefficient (Wildman–Crippen LogP) is 1.22. The zero-order chi connectivity index (χ0) is 14.0. The molecule has 4 rings (SSSR count). The molecule has 4 nitrogen and oxygen atoms in total. The molecule has 0 spiro atoms. The van der Waals surface area contributed by atoms with E-state index in [1.54, 1.807) is 0 Å². The minimum atomic E-state index is -1.01. The number of ketones is 1. The lowest BCUT2D eigenvalue weighted by atomic mass is 9.40. The molecular formula is C15H24N2O2. The Morgan fingerprint density at radius 3 is 2.05 bits per heavy atom. The molecule has 4 N–H and O–H groups in total. The van der Waals surface area contributed by atoms with Crippen molar-refractivity contribution in [3.8, 4) is 0 Å². The highest BCUT2D eigenvalue weighted by atomic mass is 16.2. The van der Waals surface area contributed by atoms with E-state index in [0.717, 1.165) is 25.7 Å². The van der Waals surface area contributed by atoms with Crippen LogP contribution in [0.5, 0.6) is 0 Å². The third kappa shape index (κ3) is 1.44. The Morgan fingerprint density at radius 1 is 1.11 bits per heavy atom. The molecular weight excluding hydrogens is 240 g/mol. The highest BCUT2D eigenvalue weighted by molar-refractivity contribution is 5.98. The number of primary amides is 1. The van der Waals surface area contributed by atoms with Crippen molar-refractivity contribution in [1.29, 1.82) is 0 Å². The first kappa shape index (κ1) is 13.1. The molecule has 0 aromatic heterocycles. The molecule has 4 aliphatic carbocycles. The van der Waals surface area contributed by atoms with E-state index in [1.165, 1.54) is 6.42 Å². The Labute approximate surface area is 114 Å². The fraction of sp³-hybridized carbons (Fsp3) is 0.867. The number of carbonyl (C=O) groups excluding carboxylic acids is 2. The van der Waals surface area contributed by atoms with E-state index < -0.39 is 11.0 Å². The monoisotopic (exact) mass is 264 g/mol. The maximum absolute atomic E-state index is 12.7. The number of nitrogens with two attached hydrogens (primary N) is 2. The van der Waals surface area contributed by atoms with Crippen LogP contribution in [0.15, 0.2) is 0 Å². The Bertz CT molecular complexity index is 431. The maximum atomic E-state index is 12.7. The molecule has 4 bridgehead atoms. The fourth-order valence-electron chi connectivity index (χ4n) is 5.39. The highest BCUT2D eigenvalue weighted by Gasteiger charge is 2.69. The molecule has 3 unspecified atom stereocenters. The zero-order valence-corrected chi connectivity index (χ0v) is 11.8. The number of amides is 1. The van der Waals surface area contributed by atoms with Gasteiger partial charge in [-0.15, -0.1) is 0 Å². The van der Waals surface area contributed by atoms with E-state index in [9.17, 15) is 9.59 Å². The van der Waals surface area contributed by atoms with Crippen molar-refractivity contribution in [2.45, 2.75) is 51.5 Å². The van der Waals surface area contributed by atoms with E-state index in [4.69, 9.17) is 11.5 Å². The highest BCUT2D eigenvalue weighted by Crippen LogP contribution is 2.64. The molecule has 0 heterocycles. The quantitative estimate of drug-likeness (QED) is 0.803. The second-order valence-corrected chi connectivity index (χ2v) is 7.38. The SMILES string of the molecule is CC(C)C(=O)C1(N)C2CC3CC(C2)CC1(C(N)=O)C3. The first-order chi connectivity index (χ1) is 8.81. The molecule has 0 aromatic carbocycles. The van der Waals surface area contributed by atoms with Gasteiger partial charge in [0.2, 0.25) is 5.91 Å². The van der Waals surface area contributed by atoms with Crippen LogP contribution in [0.2, 0.25) is 0 Å². The number of hydrogen-bond donors (Lipinski definition) is 2. The van der Waals surface area contributed by atoms with E-state index in [2.05, 4.69) is 0 Å². The van der Waals surface area contributed by atoms with Crippen LogP contribution in [-0.4, -0.2) is 17.2 Å². The lowest BCUT2D eigenvalue weighted by molar-refractivity contribution is -0.172. The Kier molecular flexibility index (Phi) is 2.63. The van der Waals surface area contributed by atoms with Gasteiger partial charge in [-0.25, -0.2) is 0 Å². The normalized spacial score (nSPS) is 47.7. The van der Waals surface area contributed by atoms with Crippen LogP contribution < -0.4 is 11.5 Å². The lowest BCUT2D eigenvalue weighted by Crippen LogP contribution is -2.76. The van der Waals surface area contributed by atoms with Crippen LogP contribution in [0.25, 0.3) is 0 Å². The summed E-state index contributed by atoms with van der Waals surface area (Å²) in [6.07, 6.45) is 4.65. The van der Waals surface area contributed by atoms with Crippen molar-refractivity contribution < 1.29 is 9.59 Å². The van der Waals surface area contributed by atoms with Gasteiger partial charge in [-0.1, -0.05) is 13.8 Å². The molecule has 0 saturated heterocycles. The third-order valence-electron chi connectivity index (χ3n) is 6.02. The number of Topliss-reactive ketones (excluding diaryl/α,β-unsaturated/α-hetero) is 1. The minimum absolute atomic E-state index is 0.0371. The van der Waals surface area contributed by atoms with Gasteiger partial charge in [-0.2, -0.15) is 0 Å². The zero-order valence-electron chi connectivity index (χ0n) is 11.8. The Hall–Kier alpha value is -0.900. The molecule has 0 aliphatic heterocycles. The van der Waals surface area contributed by atoms with E-state index in [0.29, 0.717) is 11.8 Å². The molecule has 3 atom stereocenters. The molecule has 106 valence electrons. The average Bonchev–Trinajstić information content (AvgIpc) is 2.33. The van der Waals surface area contributed by atoms with Gasteiger partial charge in [-0.3, -0.25) is 9.59 Å². The van der Waals surface area contributed by atoms with Crippen LogP contribution in [0.1, 0.15) is 46.0 Å². The smallest absolute Gasteiger partial charge is 0.226 e. The summed E-state index contributed by atoms with van der Waals surface area (Å²) in [7, 11) is 0. The average molecular weight is 264 g/mol. The van der Waals surface area contributed by atoms with Crippen LogP contribution >= 0.6 is 0 Å². The molecule has 0 radical (unpaired) electrons. The number of rotatable bonds is 3. The van der Waals surface area contributed by atoms with E-state index in [-0.39, 0.29) is 23.5 Å². The second-order valence-electron chi connectivity index (χ2n) is 7.38. The molecule has 4 aliphatic rings. The van der Waals surface area contributed by atoms with Crippen LogP contribution in [0.3, 0.4) is 0 Å². The Morgan fingerprint density at radius 2 is 1.63 bits per heavy atom. The second kappa shape index (κ2) is 3.81. The summed E-state index contributed by atoms with van der Waals surface area (Å²) in [6.45, 7) is 3.74. The van der Waals surface area contributed by atoms with Crippen LogP contribution in [-0.2, 0) is 9.59 Å². The summed E-state index contributed by atoms with van der Waals surface area (Å²) in [5.41, 5.74) is 10.6. The van der Waals surface area contributed by atoms with Crippen LogP contribution in [0.4, 0.5) is 0 Å². The van der Waals surface area contributed by atoms with E-state index >= 15 is 0 Å². The first-order valence-electron chi connectivity index (χ1n) is 7.44. The first-order valence-corrected chi connectivity index (χ1v) is 7.44. The van der Waals surface area contributed by atoms with Gasteiger partial charge in [0.1, 0.15) is 0 Å². The van der Waals surface area contributed by atoms with Crippen molar-refractivity contribution >= 4 is 11.7 Å². The van der Waals surface area contributed by atoms with Crippen LogP contribution in [0, 0.1) is 29.1 Å². The van der Waals surface area contributed by atoms with Crippen molar-refractivity contribution in [2.75, 3.05) is 0 Å². The summed E-state index contributed by atoms with van der Waals surface area (Å²) in [5, 5.41) is 0. The van der Waals surface area contributed by atoms with Crippen molar-refractivity contribution in [3.05, 3.63) is 0 Å². The molecule has 1 amide bonds. The van der Waals surface area contributed by atoms with Crippen molar-refractivity contribution in [1.82, 2.24) is 0 Å². The summed E-state index contributed by atoms with van der Waals surface area (Å²) in [6, 6.07) is 0. The molecule has 4 saturated carbocycles. The molecule has 0 aromatic rings. The van der Waals surface area contributed by atoms with Gasteiger partial charge in [0.15, 0.2) is 5.78 Å². The van der Waals surface area contributed by atoms with Crippen molar-refractivity contribution in [3.63, 3.8) is 0 Å². The largest absolute Gasteiger partial charge is 0.369 e. The topological polar surface area (TPSA) is 86.2 Å². The summed E-state index contributed by atoms with van der Waals surface area (Å²) >= 11 is 0. The molecule has 19 heavy (non-hydrogen) atoms. The third-order valence-corrected chi connectivity index (χ3v) is 6.02. The number of hydrogen-bond acceptors (Lipinski definition) is 3. The standard InChI is InChI=1S/C15H24N2O2/c1-8(2)12(18)15(17)11-4-9-3-10(5-11)7-14(15,6-9)13(16)19/h8-11H,3-7,17H2,1-2H3,(H2,16,19). The summed E-state index contributed by atoms with van der Waals surface area (Å²) in [5.74, 6) is 0.793. The lowest BCUT2D eigenvalue weighted by Gasteiger charge is -2.64. The van der Waals surface area contributed by atoms with Gasteiger partial charge >= 0.3 is 0 Å². The molecule has 4 heteroatoms. The van der Waals surface area contributed by atoms with E-state index in [1.807, 2.05) is 13.8 Å². The van der Waals surface area contributed by atoms with Gasteiger partial charge in [0, 0.05) is 5.92 Å². The van der Waals surface area contributed by atoms with Gasteiger partial charge in [-0.05, 0) is 49.9 Å². The fourth-order valence-corrected chi connectivity index (χ4v) is 5.39. The summed E-state index contributed by atoms with van der Waals surface area (Å²) in [4.78, 5) is 24.9. The van der Waals surface area contributed by atoms with Gasteiger partial charge < -0.3 is 11.5 Å². The van der Waals surface area contributed by atoms with Crippen molar-refractivity contribution in [2.24, 2.45) is 40.6 Å². The van der Waals surface area contributed by atoms with Gasteiger partial charge in [0.25, 0.3) is 0 Å². The van der Waals surface area contributed by atoms with Gasteiger partial charge in [0.05, 0.1) is 11.0 Å². The number of carbonyl (C=O) groups is 2. The maximum Gasteiger partial charge on any atom is 0.226 e. The predicted molar refractivity (Wildman–Crippen MR) is 71.9 cm³/mol. The molecule has 4 fully saturated rings.